The second-order valence-corrected chi connectivity index (χ2v) is 4.33. The highest BCUT2D eigenvalue weighted by Gasteiger charge is 2.02. The van der Waals surface area contributed by atoms with Crippen molar-refractivity contribution in [3.05, 3.63) is 34.9 Å². The van der Waals surface area contributed by atoms with E-state index < -0.39 is 0 Å². The third kappa shape index (κ3) is 4.33. The Bertz CT molecular complexity index is 323. The quantitative estimate of drug-likeness (QED) is 0.797. The standard InChI is InChI=1S/C14H23NO/c1-5-16-13(4)9-15-10-14-8-11(2)6-7-12(14)3/h6-8,13,15H,5,9-10H2,1-4H3. The molecule has 90 valence electrons. The summed E-state index contributed by atoms with van der Waals surface area (Å²) < 4.78 is 5.47. The summed E-state index contributed by atoms with van der Waals surface area (Å²) in [4.78, 5) is 0. The fourth-order valence-corrected chi connectivity index (χ4v) is 1.74. The Labute approximate surface area is 99.0 Å². The molecular formula is C14H23NO. The van der Waals surface area contributed by atoms with Crippen molar-refractivity contribution >= 4 is 0 Å². The maximum absolute atomic E-state index is 5.47. The summed E-state index contributed by atoms with van der Waals surface area (Å²) in [5.74, 6) is 0. The van der Waals surface area contributed by atoms with Gasteiger partial charge in [-0.05, 0) is 38.8 Å². The molecule has 0 aliphatic rings. The van der Waals surface area contributed by atoms with E-state index in [0.29, 0.717) is 0 Å². The Morgan fingerprint density at radius 1 is 1.31 bits per heavy atom. The normalized spacial score (nSPS) is 12.8. The molecule has 0 fully saturated rings. The molecule has 1 N–H and O–H groups in total. The first kappa shape index (κ1) is 13.2. The third-order valence-electron chi connectivity index (χ3n) is 2.70. The van der Waals surface area contributed by atoms with Crippen molar-refractivity contribution in [3.63, 3.8) is 0 Å². The predicted octanol–water partition coefficient (Wildman–Crippen LogP) is 2.82. The molecule has 1 atom stereocenters. The van der Waals surface area contributed by atoms with E-state index in [1.165, 1.54) is 16.7 Å². The molecule has 0 heterocycles. The molecule has 0 bridgehead atoms. The van der Waals surface area contributed by atoms with Crippen molar-refractivity contribution < 1.29 is 4.74 Å². The van der Waals surface area contributed by atoms with Gasteiger partial charge in [-0.2, -0.15) is 0 Å². The van der Waals surface area contributed by atoms with Crippen molar-refractivity contribution in [2.75, 3.05) is 13.2 Å². The summed E-state index contributed by atoms with van der Waals surface area (Å²) in [5.41, 5.74) is 4.05. The minimum Gasteiger partial charge on any atom is -0.377 e. The van der Waals surface area contributed by atoms with Gasteiger partial charge in [-0.3, -0.25) is 0 Å². The Hall–Kier alpha value is -0.860. The lowest BCUT2D eigenvalue weighted by Gasteiger charge is -2.13. The first-order valence-corrected chi connectivity index (χ1v) is 6.02. The number of ether oxygens (including phenoxy) is 1. The SMILES string of the molecule is CCOC(C)CNCc1cc(C)ccc1C. The molecule has 0 radical (unpaired) electrons. The van der Waals surface area contributed by atoms with Crippen LogP contribution in [0.2, 0.25) is 0 Å². The molecule has 1 unspecified atom stereocenters. The van der Waals surface area contributed by atoms with Gasteiger partial charge in [0.25, 0.3) is 0 Å². The van der Waals surface area contributed by atoms with E-state index in [-0.39, 0.29) is 6.10 Å². The second kappa shape index (κ2) is 6.66. The van der Waals surface area contributed by atoms with Crippen LogP contribution in [0.15, 0.2) is 18.2 Å². The number of aryl methyl sites for hydroxylation is 2. The zero-order valence-corrected chi connectivity index (χ0v) is 10.8. The van der Waals surface area contributed by atoms with E-state index in [2.05, 4.69) is 44.3 Å². The Balaban J connectivity index is 2.39. The highest BCUT2D eigenvalue weighted by atomic mass is 16.5. The molecule has 16 heavy (non-hydrogen) atoms. The Morgan fingerprint density at radius 3 is 2.75 bits per heavy atom. The van der Waals surface area contributed by atoms with Crippen molar-refractivity contribution in [2.24, 2.45) is 0 Å². The molecule has 1 aromatic carbocycles. The summed E-state index contributed by atoms with van der Waals surface area (Å²) in [6.07, 6.45) is 0.287. The monoisotopic (exact) mass is 221 g/mol. The van der Waals surface area contributed by atoms with Crippen LogP contribution in [-0.4, -0.2) is 19.3 Å². The summed E-state index contributed by atoms with van der Waals surface area (Å²) in [6, 6.07) is 6.58. The molecule has 1 aromatic rings. The molecule has 0 aromatic heterocycles. The average Bonchev–Trinajstić information content (AvgIpc) is 2.23. The lowest BCUT2D eigenvalue weighted by atomic mass is 10.1. The minimum atomic E-state index is 0.287. The van der Waals surface area contributed by atoms with Gasteiger partial charge in [-0.15, -0.1) is 0 Å². The van der Waals surface area contributed by atoms with Crippen molar-refractivity contribution in [2.45, 2.75) is 40.3 Å². The summed E-state index contributed by atoms with van der Waals surface area (Å²) in [5, 5.41) is 3.43. The summed E-state index contributed by atoms with van der Waals surface area (Å²) >= 11 is 0. The molecule has 0 aliphatic heterocycles. The van der Waals surface area contributed by atoms with Crippen molar-refractivity contribution in [1.29, 1.82) is 0 Å². The third-order valence-corrected chi connectivity index (χ3v) is 2.70. The molecule has 0 saturated carbocycles. The van der Waals surface area contributed by atoms with Crippen LogP contribution in [0, 0.1) is 13.8 Å². The lowest BCUT2D eigenvalue weighted by molar-refractivity contribution is 0.0759. The van der Waals surface area contributed by atoms with Crippen LogP contribution in [0.5, 0.6) is 0 Å². The number of benzene rings is 1. The zero-order valence-electron chi connectivity index (χ0n) is 10.8. The average molecular weight is 221 g/mol. The number of rotatable bonds is 6. The van der Waals surface area contributed by atoms with Crippen LogP contribution < -0.4 is 5.32 Å². The van der Waals surface area contributed by atoms with Crippen molar-refractivity contribution in [1.82, 2.24) is 5.32 Å². The fraction of sp³-hybridized carbons (Fsp3) is 0.571. The van der Waals surface area contributed by atoms with Gasteiger partial charge in [0, 0.05) is 19.7 Å². The number of nitrogens with one attached hydrogen (secondary N) is 1. The first-order valence-electron chi connectivity index (χ1n) is 6.02. The van der Waals surface area contributed by atoms with E-state index >= 15 is 0 Å². The molecule has 0 saturated heterocycles. The van der Waals surface area contributed by atoms with Gasteiger partial charge in [-0.1, -0.05) is 23.8 Å². The molecule has 1 rings (SSSR count). The highest BCUT2D eigenvalue weighted by Crippen LogP contribution is 2.10. The molecule has 0 aliphatic carbocycles. The van der Waals surface area contributed by atoms with Gasteiger partial charge in [0.05, 0.1) is 6.10 Å². The summed E-state index contributed by atoms with van der Waals surface area (Å²) in [6.45, 7) is 11.0. The largest absolute Gasteiger partial charge is 0.377 e. The van der Waals surface area contributed by atoms with Gasteiger partial charge < -0.3 is 10.1 Å². The lowest BCUT2D eigenvalue weighted by Crippen LogP contribution is -2.26. The van der Waals surface area contributed by atoms with Crippen LogP contribution in [0.3, 0.4) is 0 Å². The smallest absolute Gasteiger partial charge is 0.0671 e. The van der Waals surface area contributed by atoms with Gasteiger partial charge in [0.15, 0.2) is 0 Å². The van der Waals surface area contributed by atoms with Gasteiger partial charge in [0.2, 0.25) is 0 Å². The molecule has 0 spiro atoms. The predicted molar refractivity (Wildman–Crippen MR) is 68.7 cm³/mol. The molecule has 2 nitrogen and oxygen atoms in total. The van der Waals surface area contributed by atoms with Gasteiger partial charge >= 0.3 is 0 Å². The van der Waals surface area contributed by atoms with E-state index in [0.717, 1.165) is 19.7 Å². The van der Waals surface area contributed by atoms with Gasteiger partial charge in [0.1, 0.15) is 0 Å². The molecule has 0 amide bonds. The van der Waals surface area contributed by atoms with Crippen molar-refractivity contribution in [3.8, 4) is 0 Å². The maximum Gasteiger partial charge on any atom is 0.0671 e. The van der Waals surface area contributed by atoms with Crippen LogP contribution in [-0.2, 0) is 11.3 Å². The van der Waals surface area contributed by atoms with Crippen LogP contribution >= 0.6 is 0 Å². The van der Waals surface area contributed by atoms with Crippen LogP contribution in [0.1, 0.15) is 30.5 Å². The van der Waals surface area contributed by atoms with E-state index in [9.17, 15) is 0 Å². The number of hydrogen-bond donors (Lipinski definition) is 1. The summed E-state index contributed by atoms with van der Waals surface area (Å²) in [7, 11) is 0. The van der Waals surface area contributed by atoms with Gasteiger partial charge in [-0.25, -0.2) is 0 Å². The molecule has 2 heteroatoms. The Kier molecular flexibility index (Phi) is 5.50. The number of hydrogen-bond acceptors (Lipinski definition) is 2. The molecular weight excluding hydrogens is 198 g/mol. The van der Waals surface area contributed by atoms with E-state index in [4.69, 9.17) is 4.74 Å². The second-order valence-electron chi connectivity index (χ2n) is 4.33. The Morgan fingerprint density at radius 2 is 2.06 bits per heavy atom. The first-order chi connectivity index (χ1) is 7.63. The maximum atomic E-state index is 5.47. The topological polar surface area (TPSA) is 21.3 Å². The van der Waals surface area contributed by atoms with Crippen LogP contribution in [0.25, 0.3) is 0 Å². The highest BCUT2D eigenvalue weighted by molar-refractivity contribution is 5.30. The fourth-order valence-electron chi connectivity index (χ4n) is 1.74. The van der Waals surface area contributed by atoms with E-state index in [1.807, 2.05) is 6.92 Å². The zero-order chi connectivity index (χ0) is 12.0. The van der Waals surface area contributed by atoms with Crippen LogP contribution in [0.4, 0.5) is 0 Å². The van der Waals surface area contributed by atoms with E-state index in [1.54, 1.807) is 0 Å². The minimum absolute atomic E-state index is 0.287.